The standard InChI is InChI=1S/C20H29F3N2O2/c1-4-26-19-11-16(5-6-18(19)27-14-20(21,22)23)12-24-17-7-9-25(10-8-17)13-15(2)3/h5-6,11,17,24H,2,4,7-10,12-14H2,1,3H3. The Hall–Kier alpha value is -1.73. The first-order valence-electron chi connectivity index (χ1n) is 9.32. The molecule has 0 bridgehead atoms. The molecule has 0 unspecified atom stereocenters. The van der Waals surface area contributed by atoms with E-state index in [2.05, 4.69) is 16.8 Å². The molecule has 2 rings (SSSR count). The summed E-state index contributed by atoms with van der Waals surface area (Å²) < 4.78 is 47.4. The van der Waals surface area contributed by atoms with Crippen LogP contribution in [0.5, 0.6) is 11.5 Å². The van der Waals surface area contributed by atoms with E-state index in [1.807, 2.05) is 6.92 Å². The molecule has 1 aromatic rings. The summed E-state index contributed by atoms with van der Waals surface area (Å²) in [6, 6.07) is 5.50. The molecule has 7 heteroatoms. The quantitative estimate of drug-likeness (QED) is 0.647. The Morgan fingerprint density at radius 2 is 1.93 bits per heavy atom. The molecule has 0 atom stereocenters. The Morgan fingerprint density at radius 1 is 1.22 bits per heavy atom. The van der Waals surface area contributed by atoms with Crippen LogP contribution in [0.25, 0.3) is 0 Å². The van der Waals surface area contributed by atoms with Gasteiger partial charge in [0.05, 0.1) is 6.61 Å². The maximum absolute atomic E-state index is 12.4. The number of likely N-dealkylation sites (tertiary alicyclic amines) is 1. The second-order valence-corrected chi connectivity index (χ2v) is 7.01. The smallest absolute Gasteiger partial charge is 0.422 e. The number of hydrogen-bond donors (Lipinski definition) is 1. The Bertz CT molecular complexity index is 612. The van der Waals surface area contributed by atoms with Gasteiger partial charge in [-0.2, -0.15) is 13.2 Å². The van der Waals surface area contributed by atoms with E-state index < -0.39 is 12.8 Å². The molecule has 4 nitrogen and oxygen atoms in total. The average Bonchev–Trinajstić information content (AvgIpc) is 2.59. The first-order valence-corrected chi connectivity index (χ1v) is 9.32. The predicted molar refractivity (Wildman–Crippen MR) is 100 cm³/mol. The Balaban J connectivity index is 1.87. The van der Waals surface area contributed by atoms with Crippen molar-refractivity contribution in [1.82, 2.24) is 10.2 Å². The summed E-state index contributed by atoms with van der Waals surface area (Å²) in [6.45, 7) is 10.5. The molecule has 1 aliphatic rings. The molecule has 0 aromatic heterocycles. The largest absolute Gasteiger partial charge is 0.490 e. The molecule has 0 amide bonds. The van der Waals surface area contributed by atoms with Crippen molar-refractivity contribution in [3.8, 4) is 11.5 Å². The third kappa shape index (κ3) is 7.81. The average molecular weight is 386 g/mol. The number of alkyl halides is 3. The van der Waals surface area contributed by atoms with Crippen molar-refractivity contribution in [3.63, 3.8) is 0 Å². The van der Waals surface area contributed by atoms with E-state index in [1.165, 1.54) is 5.57 Å². The summed E-state index contributed by atoms with van der Waals surface area (Å²) in [5.41, 5.74) is 2.14. The number of hydrogen-bond acceptors (Lipinski definition) is 4. The summed E-state index contributed by atoms with van der Waals surface area (Å²) >= 11 is 0. The second kappa shape index (κ2) is 9.99. The van der Waals surface area contributed by atoms with Gasteiger partial charge in [0.2, 0.25) is 0 Å². The topological polar surface area (TPSA) is 33.7 Å². The van der Waals surface area contributed by atoms with Gasteiger partial charge in [-0.3, -0.25) is 4.90 Å². The van der Waals surface area contributed by atoms with E-state index >= 15 is 0 Å². The fraction of sp³-hybridized carbons (Fsp3) is 0.600. The lowest BCUT2D eigenvalue weighted by atomic mass is 10.0. The number of piperidine rings is 1. The van der Waals surface area contributed by atoms with Crippen molar-refractivity contribution in [2.75, 3.05) is 32.8 Å². The zero-order chi connectivity index (χ0) is 19.9. The summed E-state index contributed by atoms with van der Waals surface area (Å²) in [7, 11) is 0. The Labute approximate surface area is 159 Å². The van der Waals surface area contributed by atoms with E-state index in [4.69, 9.17) is 9.47 Å². The number of ether oxygens (including phenoxy) is 2. The number of nitrogens with zero attached hydrogens (tertiary/aromatic N) is 1. The Morgan fingerprint density at radius 3 is 2.52 bits per heavy atom. The maximum atomic E-state index is 12.4. The minimum absolute atomic E-state index is 0.117. The third-order valence-corrected chi connectivity index (χ3v) is 4.38. The summed E-state index contributed by atoms with van der Waals surface area (Å²) in [6.07, 6.45) is -2.24. The van der Waals surface area contributed by atoms with Crippen LogP contribution in [0.2, 0.25) is 0 Å². The highest BCUT2D eigenvalue weighted by atomic mass is 19.4. The zero-order valence-corrected chi connectivity index (χ0v) is 16.1. The summed E-state index contributed by atoms with van der Waals surface area (Å²) in [5.74, 6) is 0.461. The molecule has 152 valence electrons. The summed E-state index contributed by atoms with van der Waals surface area (Å²) in [5, 5.41) is 3.53. The van der Waals surface area contributed by atoms with Gasteiger partial charge < -0.3 is 14.8 Å². The van der Waals surface area contributed by atoms with Crippen LogP contribution in [0, 0.1) is 0 Å². The van der Waals surface area contributed by atoms with Crippen LogP contribution in [-0.4, -0.2) is 50.0 Å². The molecule has 1 aromatic carbocycles. The van der Waals surface area contributed by atoms with Crippen molar-refractivity contribution in [1.29, 1.82) is 0 Å². The molecule has 0 saturated carbocycles. The molecule has 0 aliphatic carbocycles. The van der Waals surface area contributed by atoms with Crippen LogP contribution in [0.3, 0.4) is 0 Å². The van der Waals surface area contributed by atoms with E-state index in [0.717, 1.165) is 38.0 Å². The molecule has 1 fully saturated rings. The molecular weight excluding hydrogens is 357 g/mol. The van der Waals surface area contributed by atoms with E-state index in [9.17, 15) is 13.2 Å². The molecule has 1 aliphatic heterocycles. The van der Waals surface area contributed by atoms with Crippen molar-refractivity contribution in [3.05, 3.63) is 35.9 Å². The first-order chi connectivity index (χ1) is 12.8. The van der Waals surface area contributed by atoms with Gasteiger partial charge in [0, 0.05) is 19.1 Å². The number of nitrogens with one attached hydrogen (secondary N) is 1. The SMILES string of the molecule is C=C(C)CN1CCC(NCc2ccc(OCC(F)(F)F)c(OCC)c2)CC1. The molecule has 0 spiro atoms. The fourth-order valence-electron chi connectivity index (χ4n) is 3.15. The highest BCUT2D eigenvalue weighted by Crippen LogP contribution is 2.30. The molecule has 1 N–H and O–H groups in total. The normalized spacial score (nSPS) is 16.3. The van der Waals surface area contributed by atoms with Gasteiger partial charge >= 0.3 is 6.18 Å². The second-order valence-electron chi connectivity index (χ2n) is 7.01. The van der Waals surface area contributed by atoms with Gasteiger partial charge in [0.1, 0.15) is 0 Å². The lowest BCUT2D eigenvalue weighted by molar-refractivity contribution is -0.153. The molecule has 0 radical (unpaired) electrons. The highest BCUT2D eigenvalue weighted by molar-refractivity contribution is 5.43. The number of benzene rings is 1. The molecule has 27 heavy (non-hydrogen) atoms. The molecule has 1 heterocycles. The van der Waals surface area contributed by atoms with Gasteiger partial charge in [0.25, 0.3) is 0 Å². The van der Waals surface area contributed by atoms with E-state index in [1.54, 1.807) is 25.1 Å². The molecular formula is C20H29F3N2O2. The third-order valence-electron chi connectivity index (χ3n) is 4.38. The summed E-state index contributed by atoms with van der Waals surface area (Å²) in [4.78, 5) is 2.40. The van der Waals surface area contributed by atoms with Crippen LogP contribution >= 0.6 is 0 Å². The van der Waals surface area contributed by atoms with Crippen molar-refractivity contribution >= 4 is 0 Å². The minimum Gasteiger partial charge on any atom is -0.490 e. The Kier molecular flexibility index (Phi) is 7.98. The highest BCUT2D eigenvalue weighted by Gasteiger charge is 2.29. The first kappa shape index (κ1) is 21.6. The van der Waals surface area contributed by atoms with Crippen LogP contribution in [0.15, 0.2) is 30.4 Å². The van der Waals surface area contributed by atoms with Crippen LogP contribution in [-0.2, 0) is 6.54 Å². The predicted octanol–water partition coefficient (Wildman–Crippen LogP) is 4.16. The van der Waals surface area contributed by atoms with Gasteiger partial charge in [-0.1, -0.05) is 18.2 Å². The maximum Gasteiger partial charge on any atom is 0.422 e. The minimum atomic E-state index is -4.37. The number of rotatable bonds is 9. The zero-order valence-electron chi connectivity index (χ0n) is 16.1. The number of halogens is 3. The van der Waals surface area contributed by atoms with Crippen LogP contribution in [0.1, 0.15) is 32.3 Å². The lowest BCUT2D eigenvalue weighted by Crippen LogP contribution is -2.42. The van der Waals surface area contributed by atoms with Crippen LogP contribution in [0.4, 0.5) is 13.2 Å². The van der Waals surface area contributed by atoms with Gasteiger partial charge in [-0.15, -0.1) is 0 Å². The van der Waals surface area contributed by atoms with Gasteiger partial charge in [-0.25, -0.2) is 0 Å². The van der Waals surface area contributed by atoms with E-state index in [-0.39, 0.29) is 5.75 Å². The van der Waals surface area contributed by atoms with Crippen LogP contribution < -0.4 is 14.8 Å². The fourth-order valence-corrected chi connectivity index (χ4v) is 3.15. The lowest BCUT2D eigenvalue weighted by Gasteiger charge is -2.32. The van der Waals surface area contributed by atoms with Gasteiger partial charge in [0.15, 0.2) is 18.1 Å². The molecule has 1 saturated heterocycles. The van der Waals surface area contributed by atoms with Gasteiger partial charge in [-0.05, 0) is 57.5 Å². The van der Waals surface area contributed by atoms with Crippen molar-refractivity contribution < 1.29 is 22.6 Å². The van der Waals surface area contributed by atoms with E-state index in [0.29, 0.717) is 24.9 Å². The monoisotopic (exact) mass is 386 g/mol. The van der Waals surface area contributed by atoms with Crippen molar-refractivity contribution in [2.45, 2.75) is 45.5 Å². The van der Waals surface area contributed by atoms with Crippen molar-refractivity contribution in [2.24, 2.45) is 0 Å².